The fourth-order valence-corrected chi connectivity index (χ4v) is 13.1. The highest BCUT2D eigenvalue weighted by atomic mass is 16.5. The predicted octanol–water partition coefficient (Wildman–Crippen LogP) is 2.47. The van der Waals surface area contributed by atoms with E-state index in [-0.39, 0.29) is 186 Å². The number of hydrogen-bond donors (Lipinski definition) is 14. The molecule has 14 N–H and O–H groups in total. The first-order valence-electron chi connectivity index (χ1n) is 36.3. The molecule has 4 atom stereocenters. The number of nitrogens with zero attached hydrogens (tertiary/aromatic N) is 4. The Kier molecular flexibility index (Phi) is 36.3. The number of nitrogens with one attached hydrogen (secondary N) is 8. The van der Waals surface area contributed by atoms with Gasteiger partial charge in [-0.3, -0.25) is 67.5 Å². The zero-order valence-electron chi connectivity index (χ0n) is 60.2. The topological polar surface area (TPSA) is 462 Å². The van der Waals surface area contributed by atoms with Crippen LogP contribution in [-0.4, -0.2) is 264 Å². The minimum absolute atomic E-state index is 0.0715. The van der Waals surface area contributed by atoms with Gasteiger partial charge in [0, 0.05) is 97.2 Å². The molecule has 106 heavy (non-hydrogen) atoms. The van der Waals surface area contributed by atoms with Crippen LogP contribution in [0.1, 0.15) is 114 Å². The number of rotatable bonds is 43. The van der Waals surface area contributed by atoms with E-state index >= 15 is 0 Å². The van der Waals surface area contributed by atoms with Crippen LogP contribution in [0.2, 0.25) is 0 Å². The number of benzene rings is 4. The molecule has 2 fully saturated rings. The van der Waals surface area contributed by atoms with Gasteiger partial charge in [-0.25, -0.2) is 14.4 Å². The quantitative estimate of drug-likeness (QED) is 0.0224. The summed E-state index contributed by atoms with van der Waals surface area (Å²) < 4.78 is 5.22. The van der Waals surface area contributed by atoms with E-state index in [2.05, 4.69) is 48.6 Å². The summed E-state index contributed by atoms with van der Waals surface area (Å²) in [6.07, 6.45) is 4.68. The lowest BCUT2D eigenvalue weighted by Crippen LogP contribution is -2.51. The van der Waals surface area contributed by atoms with Gasteiger partial charge in [-0.15, -0.1) is 0 Å². The lowest BCUT2D eigenvalue weighted by molar-refractivity contribution is -0.140. The summed E-state index contributed by atoms with van der Waals surface area (Å²) in [4.78, 5) is 172. The largest absolute Gasteiger partial charge is 0.497 e. The van der Waals surface area contributed by atoms with Gasteiger partial charge in [-0.2, -0.15) is 0 Å². The molecule has 580 valence electrons. The van der Waals surface area contributed by atoms with Crippen molar-refractivity contribution in [1.29, 1.82) is 0 Å². The van der Waals surface area contributed by atoms with E-state index in [1.807, 2.05) is 72.8 Å². The van der Waals surface area contributed by atoms with Crippen molar-refractivity contribution >= 4 is 98.8 Å². The zero-order valence-corrected chi connectivity index (χ0v) is 60.2. The summed E-state index contributed by atoms with van der Waals surface area (Å²) in [7, 11) is 1.57. The van der Waals surface area contributed by atoms with Crippen LogP contribution in [0, 0.1) is 11.8 Å². The minimum Gasteiger partial charge on any atom is -0.497 e. The molecule has 1 aliphatic carbocycles. The smallest absolute Gasteiger partial charge is 0.326 e. The number of aryl methyl sites for hydroxylation is 1. The second kappa shape index (κ2) is 45.3. The maximum Gasteiger partial charge on any atom is 0.326 e. The van der Waals surface area contributed by atoms with Crippen LogP contribution in [0.5, 0.6) is 5.75 Å². The second-order valence-corrected chi connectivity index (χ2v) is 27.1. The van der Waals surface area contributed by atoms with Crippen LogP contribution in [0.15, 0.2) is 78.9 Å². The summed E-state index contributed by atoms with van der Waals surface area (Å²) in [6, 6.07) is 19.1. The number of methoxy groups -OCH3 is 1. The van der Waals surface area contributed by atoms with Crippen LogP contribution in [0.25, 0.3) is 21.5 Å². The summed E-state index contributed by atoms with van der Waals surface area (Å²) in [6.45, 7) is 0.820. The van der Waals surface area contributed by atoms with Gasteiger partial charge in [0.15, 0.2) is 0 Å². The lowest BCUT2D eigenvalue weighted by Gasteiger charge is -2.32. The third kappa shape index (κ3) is 31.3. The Bertz CT molecular complexity index is 3530. The maximum atomic E-state index is 14.4. The molecule has 0 bridgehead atoms. The number of carbonyl (C=O) groups is 13. The standard InChI is InChI=1S/C74H104N12O20/c1-106-54-29-25-49(26-30-54)13-12-21-62(87)77-44-63(88)79-58(18-8-10-31-75-64(89)45-83-33-35-84(46-66(92)93)37-39-86(48-68(96)97)40-38-85(36-34-83)47-67(94)95)70(99)78-43-50-23-27-51(28-24-50)69(98)80-61(42-57-55-16-4-2-14-52(55)41-53-15-3-5-17-56(53)57)71(100)76-32-11-9-20-60(73(103)104)82-74(105)81-59(72(101)102)19-6-7-22-65(90)91/h2-5,14-17,25-26,29-30,41,50-51,58-61H,6-13,18-24,27-28,31-40,42-48H2,1H3,(H,75,89)(H,76,100)(H,77,87)(H,78,99)(H,79,88)(H,80,98)(H,90,91)(H,92,93)(H,94,95)(H,96,97)(H,101,102)(H,103,104)(H2,81,82,105)/t50?,51?,58-,59-,60-,61-/m0/s1. The van der Waals surface area contributed by atoms with E-state index in [0.717, 1.165) is 32.7 Å². The number of aliphatic carboxylic acids is 6. The van der Waals surface area contributed by atoms with Crippen LogP contribution >= 0.6 is 0 Å². The van der Waals surface area contributed by atoms with Crippen LogP contribution in [0.3, 0.4) is 0 Å². The molecule has 4 aromatic carbocycles. The number of carboxylic acid groups (broad SMARTS) is 6. The van der Waals surface area contributed by atoms with Gasteiger partial charge >= 0.3 is 41.8 Å². The van der Waals surface area contributed by atoms with Crippen LogP contribution in [-0.2, 0) is 70.4 Å². The predicted molar refractivity (Wildman–Crippen MR) is 389 cm³/mol. The Balaban J connectivity index is 1.05. The first-order valence-corrected chi connectivity index (χ1v) is 36.3. The van der Waals surface area contributed by atoms with E-state index in [1.54, 1.807) is 26.7 Å². The fraction of sp³-hybridized carbons (Fsp3) is 0.554. The average Bonchev–Trinajstić information content (AvgIpc) is 0.773. The van der Waals surface area contributed by atoms with Crippen molar-refractivity contribution in [3.8, 4) is 5.75 Å². The molecular weight excluding hydrogens is 1380 g/mol. The SMILES string of the molecule is COc1ccc(CCCC(=O)NCC(=O)N[C@@H](CCCCNC(=O)CN2CCN(CC(=O)O)CCN(CC(=O)O)CCN(CC(=O)O)CC2)C(=O)NCC2CCC(C(=O)N[C@@H](Cc3c4ccccc4cc4ccccc34)C(=O)NCCCC[C@H](NC(=O)N[C@@H](CCCCC(=O)O)C(=O)O)C(=O)O)CC2)cc1. The highest BCUT2D eigenvalue weighted by Crippen LogP contribution is 2.32. The zero-order chi connectivity index (χ0) is 76.9. The molecule has 1 aliphatic heterocycles. The van der Waals surface area contributed by atoms with E-state index in [4.69, 9.17) is 9.84 Å². The Morgan fingerprint density at radius 2 is 0.934 bits per heavy atom. The molecule has 0 radical (unpaired) electrons. The number of ether oxygens (including phenoxy) is 1. The van der Waals surface area contributed by atoms with Crippen LogP contribution < -0.4 is 47.3 Å². The van der Waals surface area contributed by atoms with Crippen molar-refractivity contribution in [3.05, 3.63) is 90.0 Å². The third-order valence-corrected chi connectivity index (χ3v) is 19.0. The summed E-state index contributed by atoms with van der Waals surface area (Å²) >= 11 is 0. The summed E-state index contributed by atoms with van der Waals surface area (Å²) in [5.41, 5.74) is 1.84. The number of urea groups is 1. The van der Waals surface area contributed by atoms with Crippen molar-refractivity contribution in [1.82, 2.24) is 62.1 Å². The number of amides is 8. The molecule has 2 aliphatic rings. The van der Waals surface area contributed by atoms with Gasteiger partial charge in [0.25, 0.3) is 0 Å². The Hall–Kier alpha value is -10.0. The molecule has 8 amide bonds. The van der Waals surface area contributed by atoms with Crippen LogP contribution in [0.4, 0.5) is 4.79 Å². The van der Waals surface area contributed by atoms with Gasteiger partial charge in [0.1, 0.15) is 29.9 Å². The van der Waals surface area contributed by atoms with E-state index in [1.165, 1.54) is 0 Å². The van der Waals surface area contributed by atoms with Gasteiger partial charge < -0.3 is 77.9 Å². The third-order valence-electron chi connectivity index (χ3n) is 19.0. The van der Waals surface area contributed by atoms with Gasteiger partial charge in [0.05, 0.1) is 39.8 Å². The molecule has 1 heterocycles. The normalized spacial score (nSPS) is 16.8. The molecular formula is C74H104N12O20. The molecule has 32 nitrogen and oxygen atoms in total. The number of fused-ring (bicyclic) bond motifs is 2. The van der Waals surface area contributed by atoms with Crippen molar-refractivity contribution in [2.45, 2.75) is 140 Å². The fourth-order valence-electron chi connectivity index (χ4n) is 13.1. The van der Waals surface area contributed by atoms with Crippen molar-refractivity contribution in [3.63, 3.8) is 0 Å². The lowest BCUT2D eigenvalue weighted by atomic mass is 9.81. The molecule has 6 rings (SSSR count). The van der Waals surface area contributed by atoms with Crippen molar-refractivity contribution < 1.29 is 97.7 Å². The average molecular weight is 1480 g/mol. The Morgan fingerprint density at radius 1 is 0.453 bits per heavy atom. The van der Waals surface area contributed by atoms with Gasteiger partial charge in [-0.1, -0.05) is 67.1 Å². The highest BCUT2D eigenvalue weighted by molar-refractivity contribution is 6.03. The van der Waals surface area contributed by atoms with Crippen molar-refractivity contribution in [2.75, 3.05) is 112 Å². The highest BCUT2D eigenvalue weighted by Gasteiger charge is 2.33. The van der Waals surface area contributed by atoms with Gasteiger partial charge in [-0.05, 0) is 147 Å². The van der Waals surface area contributed by atoms with E-state index in [9.17, 15) is 87.9 Å². The molecule has 0 aromatic heterocycles. The second-order valence-electron chi connectivity index (χ2n) is 27.1. The Morgan fingerprint density at radius 3 is 1.43 bits per heavy atom. The monoisotopic (exact) mass is 1480 g/mol. The summed E-state index contributed by atoms with van der Waals surface area (Å²) in [5.74, 6) is -9.51. The number of hydrogen-bond acceptors (Lipinski definition) is 18. The molecule has 0 unspecified atom stereocenters. The van der Waals surface area contributed by atoms with Gasteiger partial charge in [0.2, 0.25) is 35.4 Å². The first-order chi connectivity index (χ1) is 50.8. The number of carbonyl (C=O) groups excluding carboxylic acids is 7. The Labute approximate surface area is 615 Å². The van der Waals surface area contributed by atoms with E-state index in [0.29, 0.717) is 57.1 Å². The molecule has 0 spiro atoms. The molecule has 1 saturated carbocycles. The minimum atomic E-state index is -1.41. The first kappa shape index (κ1) is 84.9. The van der Waals surface area contributed by atoms with Crippen molar-refractivity contribution in [2.24, 2.45) is 11.8 Å². The molecule has 4 aromatic rings. The van der Waals surface area contributed by atoms with E-state index < -0.39 is 96.2 Å². The number of carboxylic acids is 6. The molecule has 32 heteroatoms. The number of unbranched alkanes of at least 4 members (excludes halogenated alkanes) is 3. The maximum absolute atomic E-state index is 14.4. The summed E-state index contributed by atoms with van der Waals surface area (Å²) in [5, 5.41) is 82.7. The molecule has 1 saturated heterocycles.